The largest absolute Gasteiger partial charge is 0.664 e. The van der Waals surface area contributed by atoms with Gasteiger partial charge in [0.05, 0.1) is 5.91 Å². The Morgan fingerprint density at radius 2 is 1.83 bits per heavy atom. The molecule has 2 aromatic rings. The Kier molecular flexibility index (Phi) is 9.45. The third-order valence-corrected chi connectivity index (χ3v) is 3.81. The maximum atomic E-state index is 11.2. The smallest absolute Gasteiger partial charge is 0.251 e. The number of nitrogens with one attached hydrogen (secondary N) is 1. The van der Waals surface area contributed by atoms with Gasteiger partial charge in [0, 0.05) is 32.7 Å². The second kappa shape index (κ2) is 10.2. The normalized spacial score (nSPS) is 9.43. The first-order chi connectivity index (χ1) is 10.4. The molecule has 1 amide bonds. The van der Waals surface area contributed by atoms with E-state index >= 15 is 0 Å². The van der Waals surface area contributed by atoms with E-state index in [0.29, 0.717) is 11.1 Å². The van der Waals surface area contributed by atoms with Crippen molar-refractivity contribution in [2.24, 2.45) is 4.40 Å². The molecule has 0 aliphatic carbocycles. The van der Waals surface area contributed by atoms with Crippen LogP contribution in [-0.2, 0) is 47.5 Å². The van der Waals surface area contributed by atoms with Crippen LogP contribution in [0.25, 0.3) is 5.73 Å². The van der Waals surface area contributed by atoms with Crippen LogP contribution in [0.3, 0.4) is 0 Å². The summed E-state index contributed by atoms with van der Waals surface area (Å²) in [5, 5.41) is 0. The van der Waals surface area contributed by atoms with E-state index in [9.17, 15) is 18.0 Å². The van der Waals surface area contributed by atoms with Crippen LogP contribution in [0.5, 0.6) is 0 Å². The van der Waals surface area contributed by atoms with Gasteiger partial charge in [0.15, 0.2) is 0 Å². The zero-order valence-electron chi connectivity index (χ0n) is 12.2. The minimum absolute atomic E-state index is 0. The number of hydrogen-bond donors (Lipinski definition) is 0. The van der Waals surface area contributed by atoms with Gasteiger partial charge in [0.1, 0.15) is 0 Å². The fraction of sp³-hybridized carbons (Fsp3) is 0.0667. The van der Waals surface area contributed by atoms with Crippen LogP contribution in [0, 0.1) is 13.0 Å². The van der Waals surface area contributed by atoms with Gasteiger partial charge in [0.25, 0.3) is 6.08 Å². The van der Waals surface area contributed by atoms with Crippen molar-refractivity contribution >= 4 is 22.0 Å². The van der Waals surface area contributed by atoms with E-state index in [-0.39, 0.29) is 37.6 Å². The third kappa shape index (κ3) is 6.97. The number of benzene rings is 2. The number of rotatable bonds is 3. The number of aryl methyl sites for hydroxylation is 1. The van der Waals surface area contributed by atoms with Gasteiger partial charge < -0.3 is 10.5 Å². The Hall–Kier alpha value is -1.66. The topological polar surface area (TPSA) is 104 Å². The van der Waals surface area contributed by atoms with Crippen molar-refractivity contribution in [2.75, 3.05) is 0 Å². The molecular formula is C15H12N2O4SY-2. The number of isocyanates is 1. The van der Waals surface area contributed by atoms with Crippen LogP contribution in [0.1, 0.15) is 15.9 Å². The zero-order chi connectivity index (χ0) is 16.6. The molecule has 8 heteroatoms. The van der Waals surface area contributed by atoms with Crippen molar-refractivity contribution in [3.05, 3.63) is 71.5 Å². The molecule has 0 bridgehead atoms. The van der Waals surface area contributed by atoms with Crippen LogP contribution in [0.2, 0.25) is 0 Å². The Bertz CT molecular complexity index is 801. The summed E-state index contributed by atoms with van der Waals surface area (Å²) in [6.07, 6.45) is 1.01. The molecule has 0 atom stereocenters. The van der Waals surface area contributed by atoms with Crippen LogP contribution >= 0.6 is 0 Å². The van der Waals surface area contributed by atoms with E-state index in [1.165, 1.54) is 6.07 Å². The third-order valence-electron chi connectivity index (χ3n) is 2.50. The van der Waals surface area contributed by atoms with Crippen molar-refractivity contribution in [3.63, 3.8) is 0 Å². The predicted octanol–water partition coefficient (Wildman–Crippen LogP) is 2.70. The summed E-state index contributed by atoms with van der Waals surface area (Å²) in [5.41, 5.74) is 7.65. The quantitative estimate of drug-likeness (QED) is 0.445. The van der Waals surface area contributed by atoms with Gasteiger partial charge in [-0.2, -0.15) is 24.3 Å². The summed E-state index contributed by atoms with van der Waals surface area (Å²) in [5.74, 6) is -0.629. The minimum atomic E-state index is -3.87. The molecule has 2 aromatic carbocycles. The van der Waals surface area contributed by atoms with Gasteiger partial charge in [-0.05, 0) is 10.5 Å². The van der Waals surface area contributed by atoms with Crippen LogP contribution in [0.4, 0.5) is 0 Å². The summed E-state index contributed by atoms with van der Waals surface area (Å²) in [6, 6.07) is 15.6. The van der Waals surface area contributed by atoms with Crippen molar-refractivity contribution in [1.82, 2.24) is 0 Å². The van der Waals surface area contributed by atoms with Gasteiger partial charge in [-0.3, -0.25) is 0 Å². The Labute approximate surface area is 159 Å². The molecule has 0 aliphatic heterocycles. The maximum absolute atomic E-state index is 11.2. The summed E-state index contributed by atoms with van der Waals surface area (Å²) in [7, 11) is -3.87. The molecule has 0 unspecified atom stereocenters. The number of carbonyl (C=O) groups is 1. The molecule has 0 saturated carbocycles. The first-order valence-corrected chi connectivity index (χ1v) is 7.44. The minimum Gasteiger partial charge on any atom is -0.664 e. The molecule has 0 spiro atoms. The molecule has 23 heavy (non-hydrogen) atoms. The molecule has 0 fully saturated rings. The second-order valence-electron chi connectivity index (χ2n) is 4.04. The average molecular weight is 405 g/mol. The molecule has 6 nitrogen and oxygen atoms in total. The summed E-state index contributed by atoms with van der Waals surface area (Å²) >= 11 is 0. The SMILES string of the molecule is Cc1cc[c-]cc1S(=O)(=O)N=C=O.[NH-]C(=O)c1ccccc1.[Y]. The standard InChI is InChI=1S/C8H6NO3S.C7H7NO.Y/c1-7-4-2-3-5-8(7)13(11,12)9-6-10;8-7(9)6-4-2-1-3-5-6;/h2,4-5H,1H3;1-5H,(H2,8,9);/q-1;;/p-1. The molecule has 0 saturated heterocycles. The molecule has 0 aliphatic rings. The average Bonchev–Trinajstić information content (AvgIpc) is 2.49. The molecular weight excluding hydrogens is 393 g/mol. The van der Waals surface area contributed by atoms with Gasteiger partial charge in [-0.15, -0.1) is 5.56 Å². The van der Waals surface area contributed by atoms with Crippen molar-refractivity contribution in [1.29, 1.82) is 0 Å². The maximum Gasteiger partial charge on any atom is 0.251 e. The van der Waals surface area contributed by atoms with E-state index in [1.807, 2.05) is 6.07 Å². The number of amides is 1. The first kappa shape index (κ1) is 21.3. The molecule has 1 radical (unpaired) electrons. The fourth-order valence-corrected chi connectivity index (χ4v) is 2.35. The van der Waals surface area contributed by atoms with Crippen LogP contribution in [-0.4, -0.2) is 20.4 Å². The van der Waals surface area contributed by atoms with E-state index in [4.69, 9.17) is 5.73 Å². The predicted molar refractivity (Wildman–Crippen MR) is 80.4 cm³/mol. The van der Waals surface area contributed by atoms with E-state index < -0.39 is 15.9 Å². The van der Waals surface area contributed by atoms with Crippen molar-refractivity contribution < 1.29 is 50.7 Å². The Morgan fingerprint density at radius 1 is 1.22 bits per heavy atom. The molecule has 0 aromatic heterocycles. The van der Waals surface area contributed by atoms with E-state index in [1.54, 1.807) is 43.3 Å². The van der Waals surface area contributed by atoms with Crippen molar-refractivity contribution in [2.45, 2.75) is 11.8 Å². The number of nitrogens with zero attached hydrogens (tertiary/aromatic N) is 1. The van der Waals surface area contributed by atoms with Crippen LogP contribution < -0.4 is 0 Å². The monoisotopic (exact) mass is 405 g/mol. The summed E-state index contributed by atoms with van der Waals surface area (Å²) in [4.78, 5) is 20.1. The number of hydrogen-bond acceptors (Lipinski definition) is 4. The molecule has 1 N–H and O–H groups in total. The second-order valence-corrected chi connectivity index (χ2v) is 5.62. The fourth-order valence-electron chi connectivity index (χ4n) is 1.46. The van der Waals surface area contributed by atoms with E-state index in [2.05, 4.69) is 10.5 Å². The van der Waals surface area contributed by atoms with E-state index in [0.717, 1.165) is 6.08 Å². The number of carbonyl (C=O) groups excluding carboxylic acids is 2. The zero-order valence-corrected chi connectivity index (χ0v) is 15.8. The molecule has 0 heterocycles. The molecule has 117 valence electrons. The Balaban J connectivity index is 0.000000427. The van der Waals surface area contributed by atoms with Crippen LogP contribution in [0.15, 0.2) is 57.8 Å². The van der Waals surface area contributed by atoms with Gasteiger partial charge in [-0.1, -0.05) is 41.7 Å². The molecule has 2 rings (SSSR count). The van der Waals surface area contributed by atoms with Gasteiger partial charge >= 0.3 is 0 Å². The summed E-state index contributed by atoms with van der Waals surface area (Å²) < 4.78 is 25.1. The van der Waals surface area contributed by atoms with Gasteiger partial charge in [0.2, 0.25) is 10.0 Å². The number of sulfonamides is 1. The van der Waals surface area contributed by atoms with Crippen molar-refractivity contribution in [3.8, 4) is 0 Å². The first-order valence-electron chi connectivity index (χ1n) is 6.00. The Morgan fingerprint density at radius 3 is 2.26 bits per heavy atom. The summed E-state index contributed by atoms with van der Waals surface area (Å²) in [6.45, 7) is 1.61. The van der Waals surface area contributed by atoms with Gasteiger partial charge in [-0.25, -0.2) is 13.2 Å².